The molecule has 0 aromatic carbocycles. The zero-order chi connectivity index (χ0) is 9.14. The van der Waals surface area contributed by atoms with Crippen LogP contribution in [0.1, 0.15) is 26.1 Å². The van der Waals surface area contributed by atoms with Crippen molar-refractivity contribution in [2.24, 2.45) is 5.92 Å². The van der Waals surface area contributed by atoms with E-state index in [1.165, 1.54) is 0 Å². The summed E-state index contributed by atoms with van der Waals surface area (Å²) in [6, 6.07) is 0. The van der Waals surface area contributed by atoms with Crippen molar-refractivity contribution in [2.75, 3.05) is 0 Å². The first-order chi connectivity index (χ1) is 5.59. The summed E-state index contributed by atoms with van der Waals surface area (Å²) in [5, 5.41) is 4.20. The van der Waals surface area contributed by atoms with Gasteiger partial charge < -0.3 is 0 Å². The van der Waals surface area contributed by atoms with Crippen LogP contribution in [0.4, 0.5) is 0 Å². The summed E-state index contributed by atoms with van der Waals surface area (Å²) >= 11 is 3.25. The first-order valence-corrected chi connectivity index (χ1v) is 4.96. The Kier molecular flexibility index (Phi) is 3.26. The smallest absolute Gasteiger partial charge is 0.217 e. The van der Waals surface area contributed by atoms with Crippen molar-refractivity contribution in [3.63, 3.8) is 0 Å². The van der Waals surface area contributed by atoms with Crippen LogP contribution in [0.3, 0.4) is 0 Å². The standard InChI is InChI=1S/C8H14BrN3/c1-6(2)4-5-12-7(3)10-8(9)11-12/h6H,4-5H2,1-3H3. The van der Waals surface area contributed by atoms with Crippen LogP contribution in [-0.4, -0.2) is 14.8 Å². The fraction of sp³-hybridized carbons (Fsp3) is 0.750. The molecule has 3 nitrogen and oxygen atoms in total. The molecule has 1 rings (SSSR count). The highest BCUT2D eigenvalue weighted by Gasteiger charge is 2.03. The normalized spacial score (nSPS) is 11.1. The summed E-state index contributed by atoms with van der Waals surface area (Å²) in [5.74, 6) is 1.69. The van der Waals surface area contributed by atoms with Crippen LogP contribution in [0.25, 0.3) is 0 Å². The van der Waals surface area contributed by atoms with Gasteiger partial charge >= 0.3 is 0 Å². The molecule has 0 bridgehead atoms. The average Bonchev–Trinajstić information content (AvgIpc) is 2.26. The van der Waals surface area contributed by atoms with Gasteiger partial charge in [-0.1, -0.05) is 13.8 Å². The van der Waals surface area contributed by atoms with E-state index >= 15 is 0 Å². The minimum absolute atomic E-state index is 0.684. The van der Waals surface area contributed by atoms with Crippen molar-refractivity contribution in [1.82, 2.24) is 14.8 Å². The number of nitrogens with zero attached hydrogens (tertiary/aromatic N) is 3. The molecule has 0 aliphatic carbocycles. The Bertz CT molecular complexity index is 255. The van der Waals surface area contributed by atoms with Gasteiger partial charge in [0.15, 0.2) is 0 Å². The Balaban J connectivity index is 2.57. The maximum Gasteiger partial charge on any atom is 0.217 e. The Morgan fingerprint density at radius 3 is 2.58 bits per heavy atom. The van der Waals surface area contributed by atoms with Gasteiger partial charge in [0, 0.05) is 6.54 Å². The van der Waals surface area contributed by atoms with Gasteiger partial charge in [-0.25, -0.2) is 9.67 Å². The molecule has 1 heterocycles. The number of halogens is 1. The van der Waals surface area contributed by atoms with E-state index in [1.54, 1.807) is 0 Å². The van der Waals surface area contributed by atoms with Gasteiger partial charge in [-0.05, 0) is 35.2 Å². The Morgan fingerprint density at radius 2 is 2.17 bits per heavy atom. The highest BCUT2D eigenvalue weighted by Crippen LogP contribution is 2.07. The van der Waals surface area contributed by atoms with Crippen molar-refractivity contribution in [2.45, 2.75) is 33.7 Å². The molecule has 68 valence electrons. The molecule has 1 aromatic heterocycles. The first kappa shape index (κ1) is 9.71. The van der Waals surface area contributed by atoms with Gasteiger partial charge in [0.1, 0.15) is 5.82 Å². The Morgan fingerprint density at radius 1 is 1.50 bits per heavy atom. The third-order valence-electron chi connectivity index (χ3n) is 1.75. The minimum Gasteiger partial charge on any atom is -0.249 e. The highest BCUT2D eigenvalue weighted by atomic mass is 79.9. The summed E-state index contributed by atoms with van der Waals surface area (Å²) in [5.41, 5.74) is 0. The minimum atomic E-state index is 0.684. The summed E-state index contributed by atoms with van der Waals surface area (Å²) in [6.07, 6.45) is 1.15. The second-order valence-corrected chi connectivity index (χ2v) is 4.04. The molecule has 0 unspecified atom stereocenters. The van der Waals surface area contributed by atoms with Crippen molar-refractivity contribution in [3.8, 4) is 0 Å². The molecule has 1 aromatic rings. The number of hydrogen-bond donors (Lipinski definition) is 0. The lowest BCUT2D eigenvalue weighted by molar-refractivity contribution is 0.478. The average molecular weight is 232 g/mol. The molecule has 0 N–H and O–H groups in total. The summed E-state index contributed by atoms with van der Waals surface area (Å²) in [6.45, 7) is 7.35. The summed E-state index contributed by atoms with van der Waals surface area (Å²) < 4.78 is 2.62. The Labute approximate surface area is 81.3 Å². The lowest BCUT2D eigenvalue weighted by Crippen LogP contribution is -2.05. The molecular weight excluding hydrogens is 218 g/mol. The lowest BCUT2D eigenvalue weighted by Gasteiger charge is -2.04. The molecule has 4 heteroatoms. The fourth-order valence-corrected chi connectivity index (χ4v) is 1.43. The van der Waals surface area contributed by atoms with Gasteiger partial charge in [0.25, 0.3) is 0 Å². The van der Waals surface area contributed by atoms with Crippen molar-refractivity contribution in [1.29, 1.82) is 0 Å². The Hall–Kier alpha value is -0.380. The van der Waals surface area contributed by atoms with Gasteiger partial charge in [-0.15, -0.1) is 5.10 Å². The number of aromatic nitrogens is 3. The van der Waals surface area contributed by atoms with Gasteiger partial charge in [0.05, 0.1) is 0 Å². The number of hydrogen-bond acceptors (Lipinski definition) is 2. The van der Waals surface area contributed by atoms with E-state index in [9.17, 15) is 0 Å². The van der Waals surface area contributed by atoms with Crippen molar-refractivity contribution < 1.29 is 0 Å². The molecule has 0 saturated heterocycles. The van der Waals surface area contributed by atoms with Crippen LogP contribution in [0.5, 0.6) is 0 Å². The first-order valence-electron chi connectivity index (χ1n) is 4.16. The predicted molar refractivity (Wildman–Crippen MR) is 51.9 cm³/mol. The van der Waals surface area contributed by atoms with Gasteiger partial charge in [-0.2, -0.15) is 0 Å². The van der Waals surface area contributed by atoms with E-state index in [0.29, 0.717) is 10.7 Å². The number of rotatable bonds is 3. The van der Waals surface area contributed by atoms with E-state index in [-0.39, 0.29) is 0 Å². The topological polar surface area (TPSA) is 30.7 Å². The van der Waals surface area contributed by atoms with Crippen LogP contribution >= 0.6 is 15.9 Å². The van der Waals surface area contributed by atoms with Crippen molar-refractivity contribution >= 4 is 15.9 Å². The van der Waals surface area contributed by atoms with Crippen LogP contribution in [-0.2, 0) is 6.54 Å². The third kappa shape index (κ3) is 2.59. The molecule has 0 fully saturated rings. The zero-order valence-electron chi connectivity index (χ0n) is 7.71. The summed E-state index contributed by atoms with van der Waals surface area (Å²) in [7, 11) is 0. The largest absolute Gasteiger partial charge is 0.249 e. The van der Waals surface area contributed by atoms with Crippen LogP contribution in [0.15, 0.2) is 4.73 Å². The van der Waals surface area contributed by atoms with Gasteiger partial charge in [0.2, 0.25) is 4.73 Å². The molecule has 0 atom stereocenters. The second kappa shape index (κ2) is 4.03. The second-order valence-electron chi connectivity index (χ2n) is 3.33. The molecule has 0 spiro atoms. The van der Waals surface area contributed by atoms with E-state index in [4.69, 9.17) is 0 Å². The van der Waals surface area contributed by atoms with E-state index in [2.05, 4.69) is 39.9 Å². The highest BCUT2D eigenvalue weighted by molar-refractivity contribution is 9.10. The molecule has 0 amide bonds. The van der Waals surface area contributed by atoms with Gasteiger partial charge in [-0.3, -0.25) is 0 Å². The van der Waals surface area contributed by atoms with E-state index in [1.807, 2.05) is 11.6 Å². The molecular formula is C8H14BrN3. The number of aryl methyl sites for hydroxylation is 2. The molecule has 0 aliphatic rings. The monoisotopic (exact) mass is 231 g/mol. The van der Waals surface area contributed by atoms with Crippen molar-refractivity contribution in [3.05, 3.63) is 10.6 Å². The maximum atomic E-state index is 4.20. The quantitative estimate of drug-likeness (QED) is 0.801. The molecule has 12 heavy (non-hydrogen) atoms. The fourth-order valence-electron chi connectivity index (χ4n) is 0.978. The lowest BCUT2D eigenvalue weighted by atomic mass is 10.1. The summed E-state index contributed by atoms with van der Waals surface area (Å²) in [4.78, 5) is 4.16. The van der Waals surface area contributed by atoms with Crippen LogP contribution in [0, 0.1) is 12.8 Å². The van der Waals surface area contributed by atoms with Crippen LogP contribution in [0.2, 0.25) is 0 Å². The molecule has 0 radical (unpaired) electrons. The van der Waals surface area contributed by atoms with Crippen LogP contribution < -0.4 is 0 Å². The van der Waals surface area contributed by atoms with E-state index < -0.39 is 0 Å². The molecule has 0 saturated carbocycles. The maximum absolute atomic E-state index is 4.20. The zero-order valence-corrected chi connectivity index (χ0v) is 9.30. The predicted octanol–water partition coefficient (Wildman–Crippen LogP) is 2.40. The van der Waals surface area contributed by atoms with E-state index in [0.717, 1.165) is 18.8 Å². The molecule has 0 aliphatic heterocycles. The SMILES string of the molecule is Cc1nc(Br)nn1CCC(C)C. The third-order valence-corrected chi connectivity index (χ3v) is 2.09.